The molecule has 4 nitrogen and oxygen atoms in total. The van der Waals surface area contributed by atoms with E-state index >= 15 is 0 Å². The number of methoxy groups -OCH3 is 1. The second-order valence-electron chi connectivity index (χ2n) is 4.44. The van der Waals surface area contributed by atoms with Gasteiger partial charge < -0.3 is 15.0 Å². The highest BCUT2D eigenvalue weighted by Gasteiger charge is 2.27. The van der Waals surface area contributed by atoms with Crippen molar-refractivity contribution in [2.45, 2.75) is 19.1 Å². The molecule has 0 amide bonds. The minimum atomic E-state index is -4.15. The van der Waals surface area contributed by atoms with Crippen molar-refractivity contribution in [1.29, 1.82) is 0 Å². The third-order valence-electron chi connectivity index (χ3n) is 2.76. The number of hydrogen-bond donors (Lipinski definition) is 1. The monoisotopic (exact) mass is 291 g/mol. The number of hydrogen-bond acceptors (Lipinski definition) is 4. The maximum absolute atomic E-state index is 12.2. The van der Waals surface area contributed by atoms with Crippen molar-refractivity contribution in [3.05, 3.63) is 23.9 Å². The SMILES string of the molecule is COCCNCc1cccnc1N(C)CCC(F)(F)F. The summed E-state index contributed by atoms with van der Waals surface area (Å²) in [5.74, 6) is 0.571. The van der Waals surface area contributed by atoms with Crippen molar-refractivity contribution in [1.82, 2.24) is 10.3 Å². The second kappa shape index (κ2) is 8.06. The van der Waals surface area contributed by atoms with E-state index in [0.29, 0.717) is 25.5 Å². The van der Waals surface area contributed by atoms with Crippen LogP contribution in [-0.4, -0.2) is 45.0 Å². The van der Waals surface area contributed by atoms with Gasteiger partial charge >= 0.3 is 6.18 Å². The van der Waals surface area contributed by atoms with E-state index in [2.05, 4.69) is 10.3 Å². The highest BCUT2D eigenvalue weighted by atomic mass is 19.4. The number of alkyl halides is 3. The van der Waals surface area contributed by atoms with Crippen molar-refractivity contribution in [2.24, 2.45) is 0 Å². The molecule has 0 saturated carbocycles. The van der Waals surface area contributed by atoms with Gasteiger partial charge in [-0.25, -0.2) is 4.98 Å². The van der Waals surface area contributed by atoms with Crippen LogP contribution in [0.3, 0.4) is 0 Å². The smallest absolute Gasteiger partial charge is 0.383 e. The van der Waals surface area contributed by atoms with E-state index < -0.39 is 12.6 Å². The summed E-state index contributed by atoms with van der Waals surface area (Å²) < 4.78 is 41.7. The van der Waals surface area contributed by atoms with E-state index in [1.54, 1.807) is 26.4 Å². The molecule has 0 atom stereocenters. The first-order chi connectivity index (χ1) is 9.44. The molecular weight excluding hydrogens is 271 g/mol. The molecule has 0 saturated heterocycles. The summed E-state index contributed by atoms with van der Waals surface area (Å²) in [6.07, 6.45) is -3.42. The Morgan fingerprint density at radius 3 is 2.80 bits per heavy atom. The van der Waals surface area contributed by atoms with Crippen LogP contribution in [0.4, 0.5) is 19.0 Å². The lowest BCUT2D eigenvalue weighted by Crippen LogP contribution is -2.27. The molecule has 114 valence electrons. The number of nitrogens with one attached hydrogen (secondary N) is 1. The maximum Gasteiger partial charge on any atom is 0.390 e. The number of nitrogens with zero attached hydrogens (tertiary/aromatic N) is 2. The molecule has 0 radical (unpaired) electrons. The fourth-order valence-electron chi connectivity index (χ4n) is 1.71. The summed E-state index contributed by atoms with van der Waals surface area (Å²) >= 11 is 0. The summed E-state index contributed by atoms with van der Waals surface area (Å²) in [5.41, 5.74) is 0.869. The Bertz CT molecular complexity index is 399. The van der Waals surface area contributed by atoms with Gasteiger partial charge in [-0.15, -0.1) is 0 Å². The lowest BCUT2D eigenvalue weighted by molar-refractivity contribution is -0.132. The van der Waals surface area contributed by atoms with Gasteiger partial charge in [0.15, 0.2) is 0 Å². The van der Waals surface area contributed by atoms with E-state index in [-0.39, 0.29) is 6.54 Å². The zero-order valence-electron chi connectivity index (χ0n) is 11.7. The molecule has 20 heavy (non-hydrogen) atoms. The average Bonchev–Trinajstić information content (AvgIpc) is 2.40. The molecule has 7 heteroatoms. The fourth-order valence-corrected chi connectivity index (χ4v) is 1.71. The van der Waals surface area contributed by atoms with Gasteiger partial charge in [0.2, 0.25) is 0 Å². The normalized spacial score (nSPS) is 11.7. The molecule has 0 bridgehead atoms. The highest BCUT2D eigenvalue weighted by Crippen LogP contribution is 2.22. The van der Waals surface area contributed by atoms with E-state index in [1.165, 1.54) is 4.90 Å². The Labute approximate surface area is 116 Å². The summed E-state index contributed by atoms with van der Waals surface area (Å²) in [7, 11) is 3.23. The number of anilines is 1. The van der Waals surface area contributed by atoms with E-state index in [0.717, 1.165) is 5.56 Å². The Hall–Kier alpha value is -1.34. The van der Waals surface area contributed by atoms with Crippen LogP contribution in [0.1, 0.15) is 12.0 Å². The lowest BCUT2D eigenvalue weighted by Gasteiger charge is -2.22. The standard InChI is InChI=1S/C13H20F3N3O/c1-19(8-5-13(14,15)16)12-11(4-3-6-18-12)10-17-7-9-20-2/h3-4,6,17H,5,7-10H2,1-2H3. The lowest BCUT2D eigenvalue weighted by atomic mass is 10.2. The molecule has 0 spiro atoms. The second-order valence-corrected chi connectivity index (χ2v) is 4.44. The molecule has 1 aromatic heterocycles. The number of rotatable bonds is 8. The van der Waals surface area contributed by atoms with E-state index in [9.17, 15) is 13.2 Å². The predicted octanol–water partition coefficient (Wildman–Crippen LogP) is 2.21. The first-order valence-electron chi connectivity index (χ1n) is 6.35. The van der Waals surface area contributed by atoms with Gasteiger partial charge in [0.05, 0.1) is 13.0 Å². The molecule has 0 unspecified atom stereocenters. The van der Waals surface area contributed by atoms with Gasteiger partial charge in [-0.1, -0.05) is 6.07 Å². The topological polar surface area (TPSA) is 37.4 Å². The Kier molecular flexibility index (Phi) is 6.74. The molecule has 1 rings (SSSR count). The molecule has 0 aliphatic heterocycles. The summed E-state index contributed by atoms with van der Waals surface area (Å²) in [6, 6.07) is 3.63. The van der Waals surface area contributed by atoms with E-state index in [1.807, 2.05) is 6.07 Å². The van der Waals surface area contributed by atoms with Crippen molar-refractivity contribution in [2.75, 3.05) is 38.8 Å². The quantitative estimate of drug-likeness (QED) is 0.745. The van der Waals surface area contributed by atoms with Crippen LogP contribution in [0.2, 0.25) is 0 Å². The van der Waals surface area contributed by atoms with Crippen molar-refractivity contribution in [3.63, 3.8) is 0 Å². The first kappa shape index (κ1) is 16.7. The summed E-state index contributed by atoms with van der Waals surface area (Å²) in [5, 5.41) is 3.16. The average molecular weight is 291 g/mol. The molecule has 0 aromatic carbocycles. The number of ether oxygens (including phenoxy) is 1. The number of pyridine rings is 1. The van der Waals surface area contributed by atoms with Crippen molar-refractivity contribution >= 4 is 5.82 Å². The van der Waals surface area contributed by atoms with Gasteiger partial charge in [-0.05, 0) is 6.07 Å². The molecule has 0 aliphatic rings. The Morgan fingerprint density at radius 1 is 1.40 bits per heavy atom. The zero-order chi connectivity index (χ0) is 15.0. The van der Waals surface area contributed by atoms with Crippen LogP contribution < -0.4 is 10.2 Å². The van der Waals surface area contributed by atoms with Gasteiger partial charge in [0, 0.05) is 45.6 Å². The maximum atomic E-state index is 12.2. The Morgan fingerprint density at radius 2 is 2.15 bits per heavy atom. The fraction of sp³-hybridized carbons (Fsp3) is 0.615. The first-order valence-corrected chi connectivity index (χ1v) is 6.35. The minimum absolute atomic E-state index is 0.106. The zero-order valence-corrected chi connectivity index (χ0v) is 11.7. The van der Waals surface area contributed by atoms with Crippen LogP contribution in [0.25, 0.3) is 0 Å². The van der Waals surface area contributed by atoms with Crippen molar-refractivity contribution in [3.8, 4) is 0 Å². The van der Waals surface area contributed by atoms with Crippen LogP contribution in [0.5, 0.6) is 0 Å². The highest BCUT2D eigenvalue weighted by molar-refractivity contribution is 5.45. The van der Waals surface area contributed by atoms with Crippen molar-refractivity contribution < 1.29 is 17.9 Å². The van der Waals surface area contributed by atoms with E-state index in [4.69, 9.17) is 4.74 Å². The minimum Gasteiger partial charge on any atom is -0.383 e. The number of halogens is 3. The van der Waals surface area contributed by atoms with Crippen LogP contribution >= 0.6 is 0 Å². The predicted molar refractivity (Wildman–Crippen MR) is 71.8 cm³/mol. The summed E-state index contributed by atoms with van der Waals surface area (Å²) in [6.45, 7) is 1.70. The third kappa shape index (κ3) is 6.21. The molecule has 0 aliphatic carbocycles. The number of aromatic nitrogens is 1. The Balaban J connectivity index is 2.59. The molecule has 1 aromatic rings. The van der Waals surface area contributed by atoms with Gasteiger partial charge in [-0.2, -0.15) is 13.2 Å². The van der Waals surface area contributed by atoms with Gasteiger partial charge in [0.1, 0.15) is 5.82 Å². The summed E-state index contributed by atoms with van der Waals surface area (Å²) in [4.78, 5) is 5.69. The van der Waals surface area contributed by atoms with Gasteiger partial charge in [0.25, 0.3) is 0 Å². The molecule has 1 heterocycles. The largest absolute Gasteiger partial charge is 0.390 e. The van der Waals surface area contributed by atoms with Crippen LogP contribution in [0, 0.1) is 0 Å². The molecule has 0 fully saturated rings. The van der Waals surface area contributed by atoms with Crippen LogP contribution in [0.15, 0.2) is 18.3 Å². The third-order valence-corrected chi connectivity index (χ3v) is 2.76. The van der Waals surface area contributed by atoms with Gasteiger partial charge in [-0.3, -0.25) is 0 Å². The molecular formula is C13H20F3N3O. The van der Waals surface area contributed by atoms with Crippen LogP contribution in [-0.2, 0) is 11.3 Å². The molecule has 1 N–H and O–H groups in total.